The second kappa shape index (κ2) is 30.2. The standard InChI is InChI=1S/3C42H23NS3/c1-4-16-35-25(9-1)32-23-40-34(27-11-3-5-17-37(27)44-40)22-36(32)43(35)24-19-20-39-33(21-24)31-15-8-14-30(42(31)46-39)29-13-7-12-28-26-10-2-6-18-38(26)45-41(28)29;1-4-16-35-25(9-1)32-22-34-27-11-3-5-17-37(27)44-40(34)23-36(32)43(35)24-19-20-39-33(21-24)31-15-8-14-30(42(31)46-39)29-13-7-12-28-26-10-2-6-18-38(26)45-41(28)29;1-4-16-33-30(10-1)39-34(20-22-38-40(39)31-11-3-6-18-36(31)44-38)43(33)24-19-21-37-32(23-24)29-15-8-14-28(42(29)46-37)27-13-7-12-26-25-9-2-5-17-35(25)45-41(26)27/h3*1-23H. The topological polar surface area (TPSA) is 14.8 Å². The maximum absolute atomic E-state index is 2.47. The Hall–Kier alpha value is -15.0. The van der Waals surface area contributed by atoms with Crippen molar-refractivity contribution in [3.63, 3.8) is 0 Å². The number of benzene rings is 21. The number of para-hydroxylation sites is 3. The van der Waals surface area contributed by atoms with Crippen LogP contribution in [0.1, 0.15) is 0 Å². The number of thiophene rings is 9. The molecule has 0 radical (unpaired) electrons. The van der Waals surface area contributed by atoms with Gasteiger partial charge in [-0.2, -0.15) is 0 Å². The third kappa shape index (κ3) is 11.6. The van der Waals surface area contributed by atoms with Gasteiger partial charge in [0.25, 0.3) is 0 Å². The van der Waals surface area contributed by atoms with Crippen molar-refractivity contribution >= 4 is 349 Å². The van der Waals surface area contributed by atoms with Gasteiger partial charge in [-0.25, -0.2) is 0 Å². The van der Waals surface area contributed by atoms with Crippen LogP contribution in [0.3, 0.4) is 0 Å². The smallest absolute Gasteiger partial charge is 0.0555 e. The lowest BCUT2D eigenvalue weighted by atomic mass is 10.0. The Morgan fingerprint density at radius 3 is 0.768 bits per heavy atom. The van der Waals surface area contributed by atoms with Crippen LogP contribution in [0.25, 0.3) is 297 Å². The van der Waals surface area contributed by atoms with Gasteiger partial charge in [-0.1, -0.05) is 273 Å². The van der Waals surface area contributed by atoms with Gasteiger partial charge >= 0.3 is 0 Å². The van der Waals surface area contributed by atoms with E-state index in [1.54, 1.807) is 0 Å². The van der Waals surface area contributed by atoms with Gasteiger partial charge in [-0.3, -0.25) is 0 Å². The summed E-state index contributed by atoms with van der Waals surface area (Å²) < 4.78 is 31.6. The average Bonchev–Trinajstić information content (AvgIpc) is 1.55. The normalized spacial score (nSPS) is 12.3. The summed E-state index contributed by atoms with van der Waals surface area (Å²) in [5.41, 5.74) is 19.1. The molecular weight excluding hydrogens is 1840 g/mol. The highest BCUT2D eigenvalue weighted by Crippen LogP contribution is 2.54. The quantitative estimate of drug-likeness (QED) is 0.158. The summed E-state index contributed by atoms with van der Waals surface area (Å²) in [5, 5.41) is 31.9. The first-order valence-corrected chi connectivity index (χ1v) is 53.9. The maximum atomic E-state index is 2.47. The van der Waals surface area contributed by atoms with E-state index < -0.39 is 0 Å². The number of hydrogen-bond donors (Lipinski definition) is 0. The Bertz CT molecular complexity index is 10800. The van der Waals surface area contributed by atoms with Crippen molar-refractivity contribution in [2.45, 2.75) is 0 Å². The van der Waals surface area contributed by atoms with Crippen molar-refractivity contribution in [3.8, 4) is 50.4 Å². The summed E-state index contributed by atoms with van der Waals surface area (Å²) >= 11 is 17.1. The molecule has 3 nitrogen and oxygen atoms in total. The molecule has 0 bridgehead atoms. The van der Waals surface area contributed by atoms with Crippen molar-refractivity contribution < 1.29 is 0 Å². The van der Waals surface area contributed by atoms with Crippen LogP contribution in [0.2, 0.25) is 0 Å². The molecular formula is C126H69N3S9. The van der Waals surface area contributed by atoms with Gasteiger partial charge in [0, 0.05) is 264 Å². The first-order chi connectivity index (χ1) is 68.4. The Kier molecular flexibility index (Phi) is 17.1. The van der Waals surface area contributed by atoms with Gasteiger partial charge in [-0.15, -0.1) is 102 Å². The molecule has 0 unspecified atom stereocenters. The molecule has 0 aliphatic carbocycles. The monoisotopic (exact) mass is 1910 g/mol. The number of rotatable bonds is 6. The van der Waals surface area contributed by atoms with Crippen molar-refractivity contribution in [2.24, 2.45) is 0 Å². The Labute approximate surface area is 823 Å². The fraction of sp³-hybridized carbons (Fsp3) is 0. The van der Waals surface area contributed by atoms with Gasteiger partial charge in [-0.05, 0) is 146 Å². The number of fused-ring (bicyclic) bond motifs is 37. The van der Waals surface area contributed by atoms with Gasteiger partial charge in [0.1, 0.15) is 0 Å². The Morgan fingerprint density at radius 1 is 0.116 bits per heavy atom. The number of aromatic nitrogens is 3. The molecule has 33 aromatic rings. The first kappa shape index (κ1) is 78.2. The van der Waals surface area contributed by atoms with Crippen molar-refractivity contribution in [1.82, 2.24) is 13.7 Å². The van der Waals surface area contributed by atoms with Crippen molar-refractivity contribution in [3.05, 3.63) is 419 Å². The molecule has 642 valence electrons. The van der Waals surface area contributed by atoms with E-state index in [2.05, 4.69) is 432 Å². The SMILES string of the molecule is c1ccc2c(c1)sc1c(-c3cccc4c3sc3ccc(-n5c6ccccc6c6c7c(ccc65)sc5ccccc57)cc34)cccc12.c1ccc2c(c1)sc1cc3c(cc12)c1ccccc1n3-c1ccc2sc3c(-c4cccc5c4sc4ccccc45)cccc3c2c1.c1ccc2c(c1)sc1cc3c4ccccc4n(-c4ccc5sc6c(-c7cccc8c7sc7ccccc78)cccc6c5c4)c3cc12. The summed E-state index contributed by atoms with van der Waals surface area (Å²) in [6, 6.07) is 156. The van der Waals surface area contributed by atoms with Crippen LogP contribution in [-0.2, 0) is 0 Å². The first-order valence-electron chi connectivity index (χ1n) is 46.5. The minimum atomic E-state index is 1.20. The summed E-state index contributed by atoms with van der Waals surface area (Å²) in [7, 11) is 0. The summed E-state index contributed by atoms with van der Waals surface area (Å²) in [6.07, 6.45) is 0. The fourth-order valence-corrected chi connectivity index (χ4v) is 33.5. The van der Waals surface area contributed by atoms with Crippen LogP contribution >= 0.6 is 102 Å². The van der Waals surface area contributed by atoms with Gasteiger partial charge in [0.2, 0.25) is 0 Å². The van der Waals surface area contributed by atoms with Crippen LogP contribution < -0.4 is 0 Å². The van der Waals surface area contributed by atoms with E-state index in [4.69, 9.17) is 0 Å². The molecule has 21 aromatic carbocycles. The van der Waals surface area contributed by atoms with E-state index in [1.807, 2.05) is 102 Å². The predicted octanol–water partition coefficient (Wildman–Crippen LogP) is 40.7. The Morgan fingerprint density at radius 2 is 0.370 bits per heavy atom. The maximum Gasteiger partial charge on any atom is 0.0555 e. The summed E-state index contributed by atoms with van der Waals surface area (Å²) in [5.74, 6) is 0. The predicted molar refractivity (Wildman–Crippen MR) is 615 cm³/mol. The molecule has 0 atom stereocenters. The molecule has 12 aromatic heterocycles. The molecule has 0 aliphatic rings. The lowest BCUT2D eigenvalue weighted by Crippen LogP contribution is -1.93. The van der Waals surface area contributed by atoms with E-state index in [0.717, 1.165) is 0 Å². The highest BCUT2D eigenvalue weighted by Gasteiger charge is 2.26. The van der Waals surface area contributed by atoms with E-state index in [-0.39, 0.29) is 0 Å². The van der Waals surface area contributed by atoms with Crippen LogP contribution in [0.4, 0.5) is 0 Å². The zero-order chi connectivity index (χ0) is 89.8. The third-order valence-electron chi connectivity index (χ3n) is 28.8. The van der Waals surface area contributed by atoms with Crippen molar-refractivity contribution in [2.75, 3.05) is 0 Å². The number of hydrogen-bond acceptors (Lipinski definition) is 9. The highest BCUT2D eigenvalue weighted by atomic mass is 32.1. The Balaban J connectivity index is 0.0000000959. The highest BCUT2D eigenvalue weighted by molar-refractivity contribution is 7.30. The molecule has 33 rings (SSSR count). The van der Waals surface area contributed by atoms with Crippen LogP contribution in [0.15, 0.2) is 419 Å². The molecule has 138 heavy (non-hydrogen) atoms. The number of nitrogens with zero attached hydrogens (tertiary/aromatic N) is 3. The van der Waals surface area contributed by atoms with Crippen molar-refractivity contribution in [1.29, 1.82) is 0 Å². The van der Waals surface area contributed by atoms with Gasteiger partial charge in [0.05, 0.1) is 33.1 Å². The van der Waals surface area contributed by atoms with E-state index in [1.165, 1.54) is 297 Å². The largest absolute Gasteiger partial charge is 0.309 e. The van der Waals surface area contributed by atoms with E-state index in [9.17, 15) is 0 Å². The zero-order valence-electron chi connectivity index (χ0n) is 73.4. The molecule has 0 saturated carbocycles. The minimum absolute atomic E-state index is 1.20. The minimum Gasteiger partial charge on any atom is -0.309 e. The lowest BCUT2D eigenvalue weighted by Gasteiger charge is -2.09. The fourth-order valence-electron chi connectivity index (χ4n) is 22.8. The van der Waals surface area contributed by atoms with E-state index >= 15 is 0 Å². The second-order valence-electron chi connectivity index (χ2n) is 36.2. The molecule has 0 fully saturated rings. The molecule has 0 amide bonds. The summed E-state index contributed by atoms with van der Waals surface area (Å²) in [6.45, 7) is 0. The second-order valence-corrected chi connectivity index (χ2v) is 45.7. The molecule has 0 saturated heterocycles. The molecule has 0 aliphatic heterocycles. The molecule has 0 N–H and O–H groups in total. The molecule has 0 spiro atoms. The van der Waals surface area contributed by atoms with Crippen LogP contribution in [0, 0.1) is 0 Å². The van der Waals surface area contributed by atoms with Crippen LogP contribution in [0.5, 0.6) is 0 Å². The average molecular weight is 1910 g/mol. The van der Waals surface area contributed by atoms with Gasteiger partial charge < -0.3 is 13.7 Å². The summed E-state index contributed by atoms with van der Waals surface area (Å²) in [4.78, 5) is 0. The molecule has 12 heteroatoms. The zero-order valence-corrected chi connectivity index (χ0v) is 80.7. The van der Waals surface area contributed by atoms with E-state index in [0.29, 0.717) is 0 Å². The molecule has 12 heterocycles. The van der Waals surface area contributed by atoms with Crippen LogP contribution in [-0.4, -0.2) is 13.7 Å². The van der Waals surface area contributed by atoms with Gasteiger partial charge in [0.15, 0.2) is 0 Å². The lowest BCUT2D eigenvalue weighted by molar-refractivity contribution is 1.19. The third-order valence-corrected chi connectivity index (χ3v) is 39.5.